The Morgan fingerprint density at radius 3 is 2.33 bits per heavy atom. The number of amides is 3. The molecule has 0 spiro atoms. The number of benzene rings is 1. The van der Waals surface area contributed by atoms with Crippen LogP contribution in [0.4, 0.5) is 5.69 Å². The predicted molar refractivity (Wildman–Crippen MR) is 105 cm³/mol. The molecule has 0 aromatic heterocycles. The summed E-state index contributed by atoms with van der Waals surface area (Å²) in [4.78, 5) is 43.1. The van der Waals surface area contributed by atoms with Gasteiger partial charge in [-0.1, -0.05) is 13.8 Å². The van der Waals surface area contributed by atoms with Gasteiger partial charge in [-0.05, 0) is 44.0 Å². The van der Waals surface area contributed by atoms with Crippen LogP contribution in [0.3, 0.4) is 0 Å². The van der Waals surface area contributed by atoms with Gasteiger partial charge < -0.3 is 14.7 Å². The summed E-state index contributed by atoms with van der Waals surface area (Å²) >= 11 is 0. The van der Waals surface area contributed by atoms with Crippen molar-refractivity contribution in [3.8, 4) is 0 Å². The van der Waals surface area contributed by atoms with Crippen LogP contribution in [0.5, 0.6) is 0 Å². The van der Waals surface area contributed by atoms with E-state index >= 15 is 0 Å². The lowest BCUT2D eigenvalue weighted by molar-refractivity contribution is -0.134. The van der Waals surface area contributed by atoms with Crippen LogP contribution < -0.4 is 4.90 Å². The molecule has 6 heteroatoms. The molecule has 0 N–H and O–H groups in total. The zero-order chi connectivity index (χ0) is 19.9. The molecule has 1 saturated heterocycles. The number of nitrogens with zero attached hydrogens (tertiary/aromatic N) is 3. The molecule has 146 valence electrons. The molecule has 2 aliphatic rings. The number of hydrogen-bond acceptors (Lipinski definition) is 3. The molecular formula is C21H29N3O3. The van der Waals surface area contributed by atoms with Gasteiger partial charge in [-0.15, -0.1) is 0 Å². The normalized spacial score (nSPS) is 19.3. The van der Waals surface area contributed by atoms with Gasteiger partial charge in [0, 0.05) is 50.4 Å². The summed E-state index contributed by atoms with van der Waals surface area (Å²) in [6, 6.07) is 5.52. The lowest BCUT2D eigenvalue weighted by atomic mass is 9.85. The van der Waals surface area contributed by atoms with Crippen molar-refractivity contribution in [2.75, 3.05) is 38.1 Å². The molecule has 0 radical (unpaired) electrons. The van der Waals surface area contributed by atoms with E-state index in [4.69, 9.17) is 0 Å². The Hall–Kier alpha value is -2.37. The lowest BCUT2D eigenvalue weighted by Crippen LogP contribution is -2.39. The van der Waals surface area contributed by atoms with Gasteiger partial charge in [0.25, 0.3) is 5.91 Å². The molecule has 2 aliphatic heterocycles. The van der Waals surface area contributed by atoms with Gasteiger partial charge in [0.05, 0.1) is 5.41 Å². The maximum absolute atomic E-state index is 13.1. The fourth-order valence-electron chi connectivity index (χ4n) is 3.99. The van der Waals surface area contributed by atoms with E-state index in [2.05, 4.69) is 0 Å². The minimum atomic E-state index is -0.625. The van der Waals surface area contributed by atoms with Crippen molar-refractivity contribution in [1.82, 2.24) is 9.80 Å². The average molecular weight is 371 g/mol. The van der Waals surface area contributed by atoms with Gasteiger partial charge in [0.2, 0.25) is 11.8 Å². The number of anilines is 1. The molecule has 1 aromatic carbocycles. The molecule has 0 atom stereocenters. The van der Waals surface area contributed by atoms with E-state index in [1.54, 1.807) is 18.0 Å². The first-order valence-electron chi connectivity index (χ1n) is 9.65. The Kier molecular flexibility index (Phi) is 5.02. The van der Waals surface area contributed by atoms with Crippen LogP contribution >= 0.6 is 0 Å². The van der Waals surface area contributed by atoms with Crippen LogP contribution in [0.15, 0.2) is 18.2 Å². The van der Waals surface area contributed by atoms with Crippen molar-refractivity contribution < 1.29 is 14.4 Å². The molecular weight excluding hydrogens is 342 g/mol. The fraction of sp³-hybridized carbons (Fsp3) is 0.571. The summed E-state index contributed by atoms with van der Waals surface area (Å²) in [5, 5.41) is 0. The van der Waals surface area contributed by atoms with Crippen molar-refractivity contribution in [3.05, 3.63) is 29.3 Å². The van der Waals surface area contributed by atoms with E-state index in [1.807, 2.05) is 49.6 Å². The zero-order valence-corrected chi connectivity index (χ0v) is 16.9. The molecule has 0 bridgehead atoms. The fourth-order valence-corrected chi connectivity index (χ4v) is 3.99. The number of likely N-dealkylation sites (N-methyl/N-ethyl adjacent to an activating group) is 1. The summed E-state index contributed by atoms with van der Waals surface area (Å²) in [7, 11) is 1.77. The van der Waals surface area contributed by atoms with Crippen molar-refractivity contribution in [1.29, 1.82) is 0 Å². The van der Waals surface area contributed by atoms with Gasteiger partial charge >= 0.3 is 0 Å². The van der Waals surface area contributed by atoms with Crippen molar-refractivity contribution in [2.24, 2.45) is 5.92 Å². The highest BCUT2D eigenvalue weighted by Gasteiger charge is 2.42. The van der Waals surface area contributed by atoms with Gasteiger partial charge in [-0.25, -0.2) is 0 Å². The summed E-state index contributed by atoms with van der Waals surface area (Å²) in [5.41, 5.74) is 1.74. The van der Waals surface area contributed by atoms with Gasteiger partial charge in [-0.3, -0.25) is 14.4 Å². The first kappa shape index (κ1) is 19.4. The van der Waals surface area contributed by atoms with Gasteiger partial charge in [0.15, 0.2) is 0 Å². The Morgan fingerprint density at radius 1 is 1.04 bits per heavy atom. The first-order chi connectivity index (χ1) is 12.6. The van der Waals surface area contributed by atoms with Crippen LogP contribution in [-0.2, 0) is 15.0 Å². The van der Waals surface area contributed by atoms with Crippen molar-refractivity contribution in [3.63, 3.8) is 0 Å². The molecule has 3 amide bonds. The number of carbonyl (C=O) groups excluding carboxylic acids is 3. The summed E-state index contributed by atoms with van der Waals surface area (Å²) in [6.07, 6.45) is 0.780. The third kappa shape index (κ3) is 3.33. The van der Waals surface area contributed by atoms with E-state index < -0.39 is 5.41 Å². The lowest BCUT2D eigenvalue weighted by Gasteiger charge is -2.24. The van der Waals surface area contributed by atoms with Gasteiger partial charge in [0.1, 0.15) is 0 Å². The molecule has 0 unspecified atom stereocenters. The SMILES string of the molecule is CC(C)C(=O)N1CCCN(C(=O)c2ccc3c(c2)C(C)(C)C(=O)N3C)CC1. The quantitative estimate of drug-likeness (QED) is 0.801. The average Bonchev–Trinajstić information content (AvgIpc) is 2.84. The largest absolute Gasteiger partial charge is 0.341 e. The second kappa shape index (κ2) is 6.98. The highest BCUT2D eigenvalue weighted by Crippen LogP contribution is 2.41. The van der Waals surface area contributed by atoms with E-state index in [9.17, 15) is 14.4 Å². The Labute approximate surface area is 161 Å². The highest BCUT2D eigenvalue weighted by molar-refractivity contribution is 6.08. The maximum Gasteiger partial charge on any atom is 0.253 e. The third-order valence-corrected chi connectivity index (χ3v) is 5.71. The summed E-state index contributed by atoms with van der Waals surface area (Å²) < 4.78 is 0. The van der Waals surface area contributed by atoms with E-state index in [0.717, 1.165) is 17.7 Å². The van der Waals surface area contributed by atoms with E-state index in [-0.39, 0.29) is 23.6 Å². The summed E-state index contributed by atoms with van der Waals surface area (Å²) in [5.74, 6) is 0.125. The monoisotopic (exact) mass is 371 g/mol. The van der Waals surface area contributed by atoms with E-state index in [1.165, 1.54) is 0 Å². The minimum absolute atomic E-state index is 0.0271. The van der Waals surface area contributed by atoms with Crippen molar-refractivity contribution in [2.45, 2.75) is 39.5 Å². The molecule has 27 heavy (non-hydrogen) atoms. The Balaban J connectivity index is 1.79. The van der Waals surface area contributed by atoms with Crippen LogP contribution in [0, 0.1) is 5.92 Å². The Morgan fingerprint density at radius 2 is 1.67 bits per heavy atom. The van der Waals surface area contributed by atoms with Crippen LogP contribution in [0.2, 0.25) is 0 Å². The number of rotatable bonds is 2. The molecule has 6 nitrogen and oxygen atoms in total. The maximum atomic E-state index is 13.1. The molecule has 1 aromatic rings. The standard InChI is InChI=1S/C21H29N3O3/c1-14(2)18(25)23-9-6-10-24(12-11-23)19(26)15-7-8-17-16(13-15)21(3,4)20(27)22(17)5/h7-8,13-14H,6,9-12H2,1-5H3. The predicted octanol–water partition coefficient (Wildman–Crippen LogP) is 2.27. The zero-order valence-electron chi connectivity index (χ0n) is 16.9. The number of fused-ring (bicyclic) bond motifs is 1. The van der Waals surface area contributed by atoms with Crippen LogP contribution in [0.25, 0.3) is 0 Å². The van der Waals surface area contributed by atoms with E-state index in [0.29, 0.717) is 31.7 Å². The molecule has 2 heterocycles. The molecule has 0 aliphatic carbocycles. The van der Waals surface area contributed by atoms with Crippen molar-refractivity contribution >= 4 is 23.4 Å². The molecule has 0 saturated carbocycles. The topological polar surface area (TPSA) is 60.9 Å². The number of hydrogen-bond donors (Lipinski definition) is 0. The Bertz CT molecular complexity index is 785. The van der Waals surface area contributed by atoms with Gasteiger partial charge in [-0.2, -0.15) is 0 Å². The third-order valence-electron chi connectivity index (χ3n) is 5.71. The smallest absolute Gasteiger partial charge is 0.253 e. The second-order valence-electron chi connectivity index (χ2n) is 8.35. The second-order valence-corrected chi connectivity index (χ2v) is 8.35. The summed E-state index contributed by atoms with van der Waals surface area (Å²) in [6.45, 7) is 10.0. The highest BCUT2D eigenvalue weighted by atomic mass is 16.2. The van der Waals surface area contributed by atoms with Crippen LogP contribution in [0.1, 0.15) is 50.0 Å². The van der Waals surface area contributed by atoms with Crippen LogP contribution in [-0.4, -0.2) is 60.7 Å². The molecule has 3 rings (SSSR count). The number of carbonyl (C=O) groups is 3. The first-order valence-corrected chi connectivity index (χ1v) is 9.65. The molecule has 1 fully saturated rings. The minimum Gasteiger partial charge on any atom is -0.341 e.